The van der Waals surface area contributed by atoms with E-state index in [1.54, 1.807) is 48.5 Å². The highest BCUT2D eigenvalue weighted by Gasteiger charge is 2.40. The highest BCUT2D eigenvalue weighted by molar-refractivity contribution is 5.97. The van der Waals surface area contributed by atoms with Crippen molar-refractivity contribution in [2.45, 2.75) is 18.6 Å². The molecule has 24 heavy (non-hydrogen) atoms. The fourth-order valence-electron chi connectivity index (χ4n) is 2.66. The molecule has 124 valence electrons. The molecule has 1 aliphatic rings. The van der Waals surface area contributed by atoms with Crippen LogP contribution in [0.2, 0.25) is 0 Å². The number of para-hydroxylation sites is 2. The number of carbonyl (C=O) groups excluding carboxylic acids is 2. The lowest BCUT2D eigenvalue weighted by atomic mass is 10.2. The molecule has 6 nitrogen and oxygen atoms in total. The summed E-state index contributed by atoms with van der Waals surface area (Å²) in [5, 5.41) is 12.6. The first kappa shape index (κ1) is 16.0. The number of hydrogen-bond acceptors (Lipinski definition) is 4. The second-order valence-corrected chi connectivity index (χ2v) is 5.59. The van der Waals surface area contributed by atoms with Crippen LogP contribution in [0.1, 0.15) is 6.42 Å². The number of aliphatic hydroxyl groups is 1. The Morgan fingerprint density at radius 3 is 2.33 bits per heavy atom. The molecule has 3 rings (SSSR count). The Kier molecular flexibility index (Phi) is 4.77. The lowest BCUT2D eigenvalue weighted by Crippen LogP contribution is -2.44. The van der Waals surface area contributed by atoms with Gasteiger partial charge in [0.15, 0.2) is 0 Å². The number of rotatable bonds is 3. The Labute approximate surface area is 139 Å². The van der Waals surface area contributed by atoms with Crippen molar-refractivity contribution >= 4 is 17.7 Å². The molecule has 2 N–H and O–H groups in total. The number of anilines is 1. The van der Waals surface area contributed by atoms with E-state index in [1.165, 1.54) is 4.90 Å². The summed E-state index contributed by atoms with van der Waals surface area (Å²) in [5.74, 6) is 0.0499. The summed E-state index contributed by atoms with van der Waals surface area (Å²) >= 11 is 0. The summed E-state index contributed by atoms with van der Waals surface area (Å²) in [6.07, 6.45) is -1.21. The van der Waals surface area contributed by atoms with Crippen molar-refractivity contribution in [2.24, 2.45) is 0 Å². The number of β-amino-alcohol motifs (C(OH)–C–C–N with tert-alkyl or cyclic N) is 1. The van der Waals surface area contributed by atoms with Gasteiger partial charge in [-0.25, -0.2) is 4.79 Å². The third-order valence-corrected chi connectivity index (χ3v) is 3.81. The smallest absolute Gasteiger partial charge is 0.410 e. The SMILES string of the molecule is O=C(Nc1ccccc1)[C@@H]1C[C@@H](O)CN1C(=O)Oc1ccccc1. The summed E-state index contributed by atoms with van der Waals surface area (Å²) in [4.78, 5) is 26.1. The van der Waals surface area contributed by atoms with Crippen molar-refractivity contribution in [1.82, 2.24) is 4.90 Å². The van der Waals surface area contributed by atoms with Gasteiger partial charge in [-0.15, -0.1) is 0 Å². The maximum absolute atomic E-state index is 12.5. The maximum atomic E-state index is 12.5. The summed E-state index contributed by atoms with van der Waals surface area (Å²) in [5.41, 5.74) is 0.639. The summed E-state index contributed by atoms with van der Waals surface area (Å²) in [7, 11) is 0. The van der Waals surface area contributed by atoms with E-state index in [-0.39, 0.29) is 18.9 Å². The zero-order chi connectivity index (χ0) is 16.9. The van der Waals surface area contributed by atoms with E-state index in [0.29, 0.717) is 11.4 Å². The average molecular weight is 326 g/mol. The molecule has 1 aliphatic heterocycles. The van der Waals surface area contributed by atoms with Crippen LogP contribution < -0.4 is 10.1 Å². The first-order chi connectivity index (χ1) is 11.6. The van der Waals surface area contributed by atoms with E-state index in [1.807, 2.05) is 12.1 Å². The van der Waals surface area contributed by atoms with E-state index < -0.39 is 18.2 Å². The minimum absolute atomic E-state index is 0.0680. The molecule has 0 aromatic heterocycles. The zero-order valence-electron chi connectivity index (χ0n) is 13.0. The predicted octanol–water partition coefficient (Wildman–Crippen LogP) is 2.26. The van der Waals surface area contributed by atoms with Gasteiger partial charge in [-0.05, 0) is 24.3 Å². The minimum atomic E-state index is -0.767. The molecular weight excluding hydrogens is 308 g/mol. The van der Waals surface area contributed by atoms with Crippen molar-refractivity contribution < 1.29 is 19.4 Å². The topological polar surface area (TPSA) is 78.9 Å². The van der Waals surface area contributed by atoms with E-state index in [0.717, 1.165) is 0 Å². The monoisotopic (exact) mass is 326 g/mol. The summed E-state index contributed by atoms with van der Waals surface area (Å²) in [6.45, 7) is 0.0680. The number of carbonyl (C=O) groups is 2. The molecular formula is C18H18N2O4. The van der Waals surface area contributed by atoms with Crippen LogP contribution in [0.15, 0.2) is 60.7 Å². The summed E-state index contributed by atoms with van der Waals surface area (Å²) in [6, 6.07) is 16.8. The number of ether oxygens (including phenoxy) is 1. The fraction of sp³-hybridized carbons (Fsp3) is 0.222. The minimum Gasteiger partial charge on any atom is -0.410 e. The standard InChI is InChI=1S/C18H18N2O4/c21-14-11-16(17(22)19-13-7-3-1-4-8-13)20(12-14)18(23)24-15-9-5-2-6-10-15/h1-10,14,16,21H,11-12H2,(H,19,22)/t14-,16+/m1/s1. The van der Waals surface area contributed by atoms with Gasteiger partial charge in [0.1, 0.15) is 11.8 Å². The molecule has 0 saturated carbocycles. The number of hydrogen-bond donors (Lipinski definition) is 2. The average Bonchev–Trinajstić information content (AvgIpc) is 2.99. The van der Waals surface area contributed by atoms with Crippen molar-refractivity contribution in [3.8, 4) is 5.75 Å². The van der Waals surface area contributed by atoms with Crippen LogP contribution in [0.4, 0.5) is 10.5 Å². The Balaban J connectivity index is 1.69. The van der Waals surface area contributed by atoms with E-state index >= 15 is 0 Å². The number of amides is 2. The van der Waals surface area contributed by atoms with Crippen LogP contribution in [0.3, 0.4) is 0 Å². The first-order valence-electron chi connectivity index (χ1n) is 7.71. The third kappa shape index (κ3) is 3.72. The number of nitrogens with one attached hydrogen (secondary N) is 1. The molecule has 2 aromatic rings. The molecule has 0 bridgehead atoms. The van der Waals surface area contributed by atoms with Crippen LogP contribution in [0.5, 0.6) is 5.75 Å². The quantitative estimate of drug-likeness (QED) is 0.907. The fourth-order valence-corrected chi connectivity index (χ4v) is 2.66. The molecule has 1 saturated heterocycles. The second kappa shape index (κ2) is 7.14. The molecule has 1 heterocycles. The second-order valence-electron chi connectivity index (χ2n) is 5.59. The van der Waals surface area contributed by atoms with Crippen LogP contribution in [-0.4, -0.2) is 40.7 Å². The van der Waals surface area contributed by atoms with Gasteiger partial charge in [0.2, 0.25) is 5.91 Å². The van der Waals surface area contributed by atoms with Crippen LogP contribution in [0, 0.1) is 0 Å². The van der Waals surface area contributed by atoms with Gasteiger partial charge < -0.3 is 15.2 Å². The Bertz CT molecular complexity index is 644. The lowest BCUT2D eigenvalue weighted by molar-refractivity contribution is -0.119. The van der Waals surface area contributed by atoms with Gasteiger partial charge in [-0.3, -0.25) is 9.69 Å². The maximum Gasteiger partial charge on any atom is 0.416 e. The highest BCUT2D eigenvalue weighted by Crippen LogP contribution is 2.22. The predicted molar refractivity (Wildman–Crippen MR) is 88.7 cm³/mol. The Hall–Kier alpha value is -2.86. The molecule has 2 amide bonds. The van der Waals surface area contributed by atoms with Gasteiger partial charge in [-0.1, -0.05) is 36.4 Å². The van der Waals surface area contributed by atoms with Crippen LogP contribution in [-0.2, 0) is 4.79 Å². The molecule has 0 spiro atoms. The van der Waals surface area contributed by atoms with Gasteiger partial charge >= 0.3 is 6.09 Å². The van der Waals surface area contributed by atoms with Gasteiger partial charge in [0.25, 0.3) is 0 Å². The first-order valence-corrected chi connectivity index (χ1v) is 7.71. The van der Waals surface area contributed by atoms with Gasteiger partial charge in [0, 0.05) is 12.1 Å². The molecule has 0 radical (unpaired) electrons. The zero-order valence-corrected chi connectivity index (χ0v) is 13.0. The third-order valence-electron chi connectivity index (χ3n) is 3.81. The molecule has 2 atom stereocenters. The molecule has 2 aromatic carbocycles. The van der Waals surface area contributed by atoms with Gasteiger partial charge in [-0.2, -0.15) is 0 Å². The van der Waals surface area contributed by atoms with E-state index in [2.05, 4.69) is 5.32 Å². The molecule has 0 unspecified atom stereocenters. The van der Waals surface area contributed by atoms with Crippen molar-refractivity contribution in [2.75, 3.05) is 11.9 Å². The van der Waals surface area contributed by atoms with Crippen LogP contribution in [0.25, 0.3) is 0 Å². The van der Waals surface area contributed by atoms with E-state index in [9.17, 15) is 14.7 Å². The highest BCUT2D eigenvalue weighted by atomic mass is 16.6. The van der Waals surface area contributed by atoms with Crippen LogP contribution >= 0.6 is 0 Å². The number of nitrogens with zero attached hydrogens (tertiary/aromatic N) is 1. The largest absolute Gasteiger partial charge is 0.416 e. The van der Waals surface area contributed by atoms with E-state index in [4.69, 9.17) is 4.74 Å². The van der Waals surface area contributed by atoms with Crippen molar-refractivity contribution in [3.63, 3.8) is 0 Å². The Morgan fingerprint density at radius 1 is 1.04 bits per heavy atom. The normalized spacial score (nSPS) is 19.8. The number of benzene rings is 2. The lowest BCUT2D eigenvalue weighted by Gasteiger charge is -2.22. The van der Waals surface area contributed by atoms with Crippen molar-refractivity contribution in [1.29, 1.82) is 0 Å². The summed E-state index contributed by atoms with van der Waals surface area (Å²) < 4.78 is 5.27. The molecule has 1 fully saturated rings. The number of aliphatic hydroxyl groups excluding tert-OH is 1. The van der Waals surface area contributed by atoms with Crippen molar-refractivity contribution in [3.05, 3.63) is 60.7 Å². The Morgan fingerprint density at radius 2 is 1.67 bits per heavy atom. The number of likely N-dealkylation sites (tertiary alicyclic amines) is 1. The van der Waals surface area contributed by atoms with Gasteiger partial charge in [0.05, 0.1) is 12.6 Å². The molecule has 0 aliphatic carbocycles. The molecule has 6 heteroatoms.